The number of aromatic nitrogens is 2. The van der Waals surface area contributed by atoms with Gasteiger partial charge in [0, 0.05) is 44.0 Å². The molecular formula is C12H15N5S. The number of hydrogen-bond donors (Lipinski definition) is 1. The first-order valence-electron chi connectivity index (χ1n) is 5.93. The van der Waals surface area contributed by atoms with E-state index in [4.69, 9.17) is 5.73 Å². The zero-order valence-electron chi connectivity index (χ0n) is 9.99. The number of piperazine rings is 1. The van der Waals surface area contributed by atoms with Gasteiger partial charge in [-0.1, -0.05) is 0 Å². The van der Waals surface area contributed by atoms with Crippen LogP contribution in [0.25, 0.3) is 0 Å². The van der Waals surface area contributed by atoms with Crippen molar-refractivity contribution in [2.75, 3.05) is 41.7 Å². The van der Waals surface area contributed by atoms with Gasteiger partial charge in [-0.05, 0) is 6.07 Å². The zero-order chi connectivity index (χ0) is 12.4. The van der Waals surface area contributed by atoms with Gasteiger partial charge in [0.1, 0.15) is 0 Å². The summed E-state index contributed by atoms with van der Waals surface area (Å²) >= 11 is 1.69. The summed E-state index contributed by atoms with van der Waals surface area (Å²) < 4.78 is 0. The van der Waals surface area contributed by atoms with E-state index >= 15 is 0 Å². The molecule has 1 fully saturated rings. The van der Waals surface area contributed by atoms with Gasteiger partial charge >= 0.3 is 0 Å². The van der Waals surface area contributed by atoms with Crippen LogP contribution in [0, 0.1) is 0 Å². The number of rotatable bonds is 2. The molecule has 3 rings (SSSR count). The van der Waals surface area contributed by atoms with Crippen LogP contribution in [-0.2, 0) is 0 Å². The Kier molecular flexibility index (Phi) is 3.02. The van der Waals surface area contributed by atoms with Crippen LogP contribution in [0.5, 0.6) is 0 Å². The molecule has 0 bridgehead atoms. The van der Waals surface area contributed by atoms with Crippen molar-refractivity contribution in [3.8, 4) is 0 Å². The molecule has 1 aliphatic rings. The maximum absolute atomic E-state index is 5.76. The predicted molar refractivity (Wildman–Crippen MR) is 75.2 cm³/mol. The van der Waals surface area contributed by atoms with Crippen molar-refractivity contribution in [2.45, 2.75) is 0 Å². The summed E-state index contributed by atoms with van der Waals surface area (Å²) in [5.74, 6) is 0. The van der Waals surface area contributed by atoms with Crippen LogP contribution in [-0.4, -0.2) is 36.1 Å². The Labute approximate surface area is 110 Å². The van der Waals surface area contributed by atoms with Crippen LogP contribution in [0.15, 0.2) is 30.0 Å². The number of thiazole rings is 1. The molecule has 2 aromatic heterocycles. The molecule has 0 aromatic carbocycles. The minimum absolute atomic E-state index is 0.717. The van der Waals surface area contributed by atoms with Crippen LogP contribution in [0.1, 0.15) is 0 Å². The Morgan fingerprint density at radius 3 is 2.56 bits per heavy atom. The topological polar surface area (TPSA) is 58.3 Å². The Morgan fingerprint density at radius 2 is 1.89 bits per heavy atom. The number of nitrogen functional groups attached to an aromatic ring is 1. The van der Waals surface area contributed by atoms with Gasteiger partial charge in [0.15, 0.2) is 5.13 Å². The Hall–Kier alpha value is -1.82. The van der Waals surface area contributed by atoms with E-state index in [2.05, 4.69) is 19.8 Å². The third-order valence-electron chi connectivity index (χ3n) is 3.08. The van der Waals surface area contributed by atoms with Crippen molar-refractivity contribution >= 4 is 27.8 Å². The minimum atomic E-state index is 0.717. The predicted octanol–water partition coefficient (Wildman–Crippen LogP) is 1.45. The molecule has 5 nitrogen and oxygen atoms in total. The molecule has 0 spiro atoms. The summed E-state index contributed by atoms with van der Waals surface area (Å²) in [5.41, 5.74) is 7.58. The number of anilines is 3. The van der Waals surface area contributed by atoms with Crippen molar-refractivity contribution in [2.24, 2.45) is 0 Å². The van der Waals surface area contributed by atoms with E-state index in [9.17, 15) is 0 Å². The summed E-state index contributed by atoms with van der Waals surface area (Å²) in [6.45, 7) is 3.93. The van der Waals surface area contributed by atoms with Gasteiger partial charge < -0.3 is 15.5 Å². The van der Waals surface area contributed by atoms with Gasteiger partial charge in [0.25, 0.3) is 0 Å². The Balaban J connectivity index is 1.67. The first-order valence-corrected chi connectivity index (χ1v) is 6.81. The molecule has 2 N–H and O–H groups in total. The number of nitrogens with zero attached hydrogens (tertiary/aromatic N) is 4. The average molecular weight is 261 g/mol. The smallest absolute Gasteiger partial charge is 0.185 e. The molecule has 0 unspecified atom stereocenters. The van der Waals surface area contributed by atoms with Crippen molar-refractivity contribution < 1.29 is 0 Å². The van der Waals surface area contributed by atoms with Crippen molar-refractivity contribution in [3.63, 3.8) is 0 Å². The van der Waals surface area contributed by atoms with E-state index in [-0.39, 0.29) is 0 Å². The summed E-state index contributed by atoms with van der Waals surface area (Å²) in [6, 6.07) is 1.98. The highest BCUT2D eigenvalue weighted by Gasteiger charge is 2.18. The third kappa shape index (κ3) is 2.24. The van der Waals surface area contributed by atoms with Gasteiger partial charge in [-0.25, -0.2) is 4.98 Å². The number of hydrogen-bond acceptors (Lipinski definition) is 6. The minimum Gasteiger partial charge on any atom is -0.397 e. The van der Waals surface area contributed by atoms with Gasteiger partial charge in [-0.3, -0.25) is 4.98 Å². The maximum atomic E-state index is 5.76. The van der Waals surface area contributed by atoms with Crippen LogP contribution < -0.4 is 15.5 Å². The molecule has 0 radical (unpaired) electrons. The lowest BCUT2D eigenvalue weighted by Gasteiger charge is -2.35. The van der Waals surface area contributed by atoms with Gasteiger partial charge in [0.05, 0.1) is 17.6 Å². The van der Waals surface area contributed by atoms with Gasteiger partial charge in [-0.15, -0.1) is 11.3 Å². The largest absolute Gasteiger partial charge is 0.397 e. The fourth-order valence-corrected chi connectivity index (χ4v) is 2.84. The number of nitrogens with two attached hydrogens (primary N) is 1. The lowest BCUT2D eigenvalue weighted by atomic mass is 10.3. The average Bonchev–Trinajstić information content (AvgIpc) is 2.93. The highest BCUT2D eigenvalue weighted by Crippen LogP contribution is 2.22. The summed E-state index contributed by atoms with van der Waals surface area (Å²) in [4.78, 5) is 13.1. The van der Waals surface area contributed by atoms with Crippen LogP contribution in [0.2, 0.25) is 0 Å². The monoisotopic (exact) mass is 261 g/mol. The maximum Gasteiger partial charge on any atom is 0.185 e. The lowest BCUT2D eigenvalue weighted by molar-refractivity contribution is 0.651. The van der Waals surface area contributed by atoms with E-state index < -0.39 is 0 Å². The van der Waals surface area contributed by atoms with E-state index in [1.54, 1.807) is 17.5 Å². The molecule has 1 saturated heterocycles. The second-order valence-electron chi connectivity index (χ2n) is 4.27. The van der Waals surface area contributed by atoms with Gasteiger partial charge in [-0.2, -0.15) is 0 Å². The lowest BCUT2D eigenvalue weighted by Crippen LogP contribution is -2.46. The van der Waals surface area contributed by atoms with Crippen LogP contribution >= 0.6 is 11.3 Å². The second kappa shape index (κ2) is 4.81. The molecule has 0 amide bonds. The molecule has 0 saturated carbocycles. The normalized spacial score (nSPS) is 16.0. The molecule has 1 aliphatic heterocycles. The molecule has 94 valence electrons. The summed E-state index contributed by atoms with van der Waals surface area (Å²) in [6.07, 6.45) is 5.40. The van der Waals surface area contributed by atoms with E-state index in [1.165, 1.54) is 0 Å². The van der Waals surface area contributed by atoms with E-state index in [0.29, 0.717) is 0 Å². The fourth-order valence-electron chi connectivity index (χ4n) is 2.15. The fraction of sp³-hybridized carbons (Fsp3) is 0.333. The first kappa shape index (κ1) is 11.3. The van der Waals surface area contributed by atoms with E-state index in [0.717, 1.165) is 42.7 Å². The highest BCUT2D eigenvalue weighted by atomic mass is 32.1. The highest BCUT2D eigenvalue weighted by molar-refractivity contribution is 7.13. The van der Waals surface area contributed by atoms with E-state index in [1.807, 2.05) is 23.8 Å². The second-order valence-corrected chi connectivity index (χ2v) is 5.14. The standard InChI is InChI=1S/C12H15N5S/c13-10-7-11(9-14-8-10)16-2-4-17(5-3-16)12-15-1-6-18-12/h1,6-9H,2-5,13H2. The van der Waals surface area contributed by atoms with Gasteiger partial charge in [0.2, 0.25) is 0 Å². The summed E-state index contributed by atoms with van der Waals surface area (Å²) in [7, 11) is 0. The molecule has 18 heavy (non-hydrogen) atoms. The van der Waals surface area contributed by atoms with Crippen molar-refractivity contribution in [1.82, 2.24) is 9.97 Å². The molecule has 0 atom stereocenters. The quantitative estimate of drug-likeness (QED) is 0.886. The molecule has 2 aromatic rings. The SMILES string of the molecule is Nc1cncc(N2CCN(c3nccs3)CC2)c1. The van der Waals surface area contributed by atoms with Crippen molar-refractivity contribution in [3.05, 3.63) is 30.0 Å². The third-order valence-corrected chi connectivity index (χ3v) is 3.91. The first-order chi connectivity index (χ1) is 8.83. The zero-order valence-corrected chi connectivity index (χ0v) is 10.8. The van der Waals surface area contributed by atoms with Crippen molar-refractivity contribution in [1.29, 1.82) is 0 Å². The Bertz CT molecular complexity index is 505. The molecule has 3 heterocycles. The Morgan fingerprint density at radius 1 is 1.11 bits per heavy atom. The van der Waals surface area contributed by atoms with Crippen LogP contribution in [0.3, 0.4) is 0 Å². The summed E-state index contributed by atoms with van der Waals surface area (Å²) in [5, 5.41) is 3.13. The van der Waals surface area contributed by atoms with Crippen LogP contribution in [0.4, 0.5) is 16.5 Å². The molecule has 6 heteroatoms. The number of pyridine rings is 1. The molecular weight excluding hydrogens is 246 g/mol. The molecule has 0 aliphatic carbocycles.